The van der Waals surface area contributed by atoms with Crippen LogP contribution in [0.2, 0.25) is 0 Å². The number of carbonyl (C=O) groups excluding carboxylic acids is 1. The van der Waals surface area contributed by atoms with E-state index in [1.807, 2.05) is 42.5 Å². The second-order valence-corrected chi connectivity index (χ2v) is 8.49. The molecule has 0 radical (unpaired) electrons. The number of amides is 1. The normalized spacial score (nSPS) is 10.7. The smallest absolute Gasteiger partial charge is 0.255 e. The van der Waals surface area contributed by atoms with Crippen LogP contribution in [0.4, 0.5) is 5.69 Å². The lowest BCUT2D eigenvalue weighted by atomic mass is 10.1. The SMILES string of the molecule is COc1cc(C(=O)Nc2ccc(Br)cc2-c2nc3ccccc3s2)cc(OC)c1OC. The van der Waals surface area contributed by atoms with Gasteiger partial charge in [-0.2, -0.15) is 0 Å². The quantitative estimate of drug-likeness (QED) is 0.352. The average Bonchev–Trinajstić information content (AvgIpc) is 3.23. The van der Waals surface area contributed by atoms with E-state index in [1.54, 1.807) is 23.5 Å². The van der Waals surface area contributed by atoms with Crippen LogP contribution in [0.15, 0.2) is 59.1 Å². The van der Waals surface area contributed by atoms with Crippen LogP contribution in [-0.4, -0.2) is 32.2 Å². The van der Waals surface area contributed by atoms with Crippen LogP contribution < -0.4 is 19.5 Å². The van der Waals surface area contributed by atoms with E-state index in [9.17, 15) is 4.79 Å². The fourth-order valence-electron chi connectivity index (χ4n) is 3.20. The first-order valence-electron chi connectivity index (χ1n) is 9.31. The number of para-hydroxylation sites is 1. The Hall–Kier alpha value is -3.10. The maximum absolute atomic E-state index is 13.1. The maximum Gasteiger partial charge on any atom is 0.255 e. The Morgan fingerprint density at radius 2 is 1.68 bits per heavy atom. The van der Waals surface area contributed by atoms with Crippen molar-refractivity contribution >= 4 is 49.1 Å². The Morgan fingerprint density at radius 1 is 0.968 bits per heavy atom. The number of benzene rings is 3. The molecule has 6 nitrogen and oxygen atoms in total. The lowest BCUT2D eigenvalue weighted by molar-refractivity contribution is 0.102. The van der Waals surface area contributed by atoms with Crippen LogP contribution in [0.3, 0.4) is 0 Å². The molecule has 0 unspecified atom stereocenters. The van der Waals surface area contributed by atoms with E-state index in [2.05, 4.69) is 21.2 Å². The van der Waals surface area contributed by atoms with Gasteiger partial charge in [-0.25, -0.2) is 4.98 Å². The molecule has 0 spiro atoms. The molecular weight excluding hydrogens is 480 g/mol. The lowest BCUT2D eigenvalue weighted by Crippen LogP contribution is -2.13. The molecule has 1 aromatic heterocycles. The summed E-state index contributed by atoms with van der Waals surface area (Å²) in [5.74, 6) is 0.952. The molecule has 1 heterocycles. The monoisotopic (exact) mass is 498 g/mol. The summed E-state index contributed by atoms with van der Waals surface area (Å²) in [5.41, 5.74) is 2.79. The number of ether oxygens (including phenoxy) is 3. The third-order valence-electron chi connectivity index (χ3n) is 4.68. The summed E-state index contributed by atoms with van der Waals surface area (Å²) in [5, 5.41) is 3.81. The summed E-state index contributed by atoms with van der Waals surface area (Å²) < 4.78 is 18.0. The second kappa shape index (κ2) is 8.95. The molecule has 3 aromatic carbocycles. The number of halogens is 1. The first-order chi connectivity index (χ1) is 15.0. The lowest BCUT2D eigenvalue weighted by Gasteiger charge is -2.15. The van der Waals surface area contributed by atoms with Gasteiger partial charge >= 0.3 is 0 Å². The van der Waals surface area contributed by atoms with Crippen LogP contribution in [-0.2, 0) is 0 Å². The first-order valence-corrected chi connectivity index (χ1v) is 10.9. The topological polar surface area (TPSA) is 69.7 Å². The third kappa shape index (κ3) is 4.22. The summed E-state index contributed by atoms with van der Waals surface area (Å²) in [4.78, 5) is 17.8. The summed E-state index contributed by atoms with van der Waals surface area (Å²) >= 11 is 5.09. The molecule has 4 aromatic rings. The largest absolute Gasteiger partial charge is 0.493 e. The van der Waals surface area contributed by atoms with Crippen molar-refractivity contribution in [3.05, 3.63) is 64.6 Å². The maximum atomic E-state index is 13.1. The minimum Gasteiger partial charge on any atom is -0.493 e. The Bertz CT molecular complexity index is 1210. The van der Waals surface area contributed by atoms with Crippen LogP contribution in [0.1, 0.15) is 10.4 Å². The fourth-order valence-corrected chi connectivity index (χ4v) is 4.55. The van der Waals surface area contributed by atoms with Crippen LogP contribution in [0.25, 0.3) is 20.8 Å². The van der Waals surface area contributed by atoms with E-state index < -0.39 is 0 Å². The number of methoxy groups -OCH3 is 3. The number of fused-ring (bicyclic) bond motifs is 1. The summed E-state index contributed by atoms with van der Waals surface area (Å²) in [7, 11) is 4.55. The molecule has 158 valence electrons. The highest BCUT2D eigenvalue weighted by molar-refractivity contribution is 9.10. The zero-order valence-electron chi connectivity index (χ0n) is 17.1. The summed E-state index contributed by atoms with van der Waals surface area (Å²) in [6.45, 7) is 0. The Kier molecular flexibility index (Phi) is 6.11. The van der Waals surface area contributed by atoms with E-state index in [0.717, 1.165) is 25.3 Å². The van der Waals surface area contributed by atoms with Crippen molar-refractivity contribution < 1.29 is 19.0 Å². The third-order valence-corrected chi connectivity index (χ3v) is 6.24. The van der Waals surface area contributed by atoms with Crippen LogP contribution >= 0.6 is 27.3 Å². The van der Waals surface area contributed by atoms with Crippen LogP contribution in [0.5, 0.6) is 17.2 Å². The number of anilines is 1. The summed E-state index contributed by atoms with van der Waals surface area (Å²) in [6.07, 6.45) is 0. The number of aromatic nitrogens is 1. The molecule has 0 saturated carbocycles. The van der Waals surface area contributed by atoms with Crippen molar-refractivity contribution in [1.82, 2.24) is 4.98 Å². The first kappa shape index (κ1) is 21.1. The highest BCUT2D eigenvalue weighted by atomic mass is 79.9. The van der Waals surface area contributed by atoms with Gasteiger partial charge in [0, 0.05) is 15.6 Å². The van der Waals surface area contributed by atoms with Gasteiger partial charge in [0.1, 0.15) is 5.01 Å². The minimum atomic E-state index is -0.302. The molecule has 0 saturated heterocycles. The molecule has 0 atom stereocenters. The average molecular weight is 499 g/mol. The Labute approximate surface area is 191 Å². The standard InChI is InChI=1S/C23H19BrN2O4S/c1-28-18-10-13(11-19(29-2)21(18)30-3)22(27)25-16-9-8-14(24)12-15(16)23-26-17-6-4-5-7-20(17)31-23/h4-12H,1-3H3,(H,25,27). The zero-order chi connectivity index (χ0) is 22.0. The van der Waals surface area contributed by atoms with Gasteiger partial charge in [-0.3, -0.25) is 4.79 Å². The van der Waals surface area contributed by atoms with E-state index >= 15 is 0 Å². The molecule has 1 N–H and O–H groups in total. The molecule has 0 aliphatic rings. The van der Waals surface area contributed by atoms with Crippen molar-refractivity contribution in [3.63, 3.8) is 0 Å². The van der Waals surface area contributed by atoms with Gasteiger partial charge in [0.25, 0.3) is 5.91 Å². The predicted molar refractivity (Wildman–Crippen MR) is 127 cm³/mol. The van der Waals surface area contributed by atoms with Crippen molar-refractivity contribution in [2.24, 2.45) is 0 Å². The summed E-state index contributed by atoms with van der Waals surface area (Å²) in [6, 6.07) is 16.9. The van der Waals surface area contributed by atoms with Gasteiger partial charge in [0.2, 0.25) is 5.75 Å². The molecular formula is C23H19BrN2O4S. The van der Waals surface area contributed by atoms with Crippen molar-refractivity contribution in [3.8, 4) is 27.8 Å². The molecule has 0 aliphatic carbocycles. The van der Waals surface area contributed by atoms with E-state index in [-0.39, 0.29) is 5.91 Å². The van der Waals surface area contributed by atoms with Gasteiger partial charge in [0.15, 0.2) is 11.5 Å². The van der Waals surface area contributed by atoms with Gasteiger partial charge in [-0.05, 0) is 42.5 Å². The number of thiazole rings is 1. The Morgan fingerprint density at radius 3 is 2.32 bits per heavy atom. The van der Waals surface area contributed by atoms with Gasteiger partial charge in [-0.1, -0.05) is 28.1 Å². The fraction of sp³-hybridized carbons (Fsp3) is 0.130. The van der Waals surface area contributed by atoms with Gasteiger partial charge in [-0.15, -0.1) is 11.3 Å². The number of nitrogens with zero attached hydrogens (tertiary/aromatic N) is 1. The van der Waals surface area contributed by atoms with E-state index in [1.165, 1.54) is 21.3 Å². The van der Waals surface area contributed by atoms with Gasteiger partial charge < -0.3 is 19.5 Å². The second-order valence-electron chi connectivity index (χ2n) is 6.54. The van der Waals surface area contributed by atoms with Crippen molar-refractivity contribution in [2.75, 3.05) is 26.6 Å². The molecule has 4 rings (SSSR count). The van der Waals surface area contributed by atoms with Gasteiger partial charge in [0.05, 0.1) is 37.2 Å². The number of carbonyl (C=O) groups is 1. The Balaban J connectivity index is 1.72. The molecule has 1 amide bonds. The number of nitrogens with one attached hydrogen (secondary N) is 1. The van der Waals surface area contributed by atoms with Crippen LogP contribution in [0, 0.1) is 0 Å². The highest BCUT2D eigenvalue weighted by Gasteiger charge is 2.19. The number of rotatable bonds is 6. The highest BCUT2D eigenvalue weighted by Crippen LogP contribution is 2.39. The molecule has 8 heteroatoms. The predicted octanol–water partition coefficient (Wildman–Crippen LogP) is 6.00. The van der Waals surface area contributed by atoms with Crippen molar-refractivity contribution in [2.45, 2.75) is 0 Å². The number of hydrogen-bond acceptors (Lipinski definition) is 6. The molecule has 0 aliphatic heterocycles. The van der Waals surface area contributed by atoms with Crippen molar-refractivity contribution in [1.29, 1.82) is 0 Å². The van der Waals surface area contributed by atoms with E-state index in [4.69, 9.17) is 19.2 Å². The number of hydrogen-bond donors (Lipinski definition) is 1. The van der Waals surface area contributed by atoms with E-state index in [0.29, 0.717) is 28.5 Å². The molecule has 0 bridgehead atoms. The minimum absolute atomic E-state index is 0.302. The zero-order valence-corrected chi connectivity index (χ0v) is 19.5. The molecule has 0 fully saturated rings. The molecule has 31 heavy (non-hydrogen) atoms.